The van der Waals surface area contributed by atoms with Crippen molar-refractivity contribution in [3.05, 3.63) is 30.2 Å². The summed E-state index contributed by atoms with van der Waals surface area (Å²) in [5.74, 6) is 1.15. The van der Waals surface area contributed by atoms with Crippen molar-refractivity contribution in [3.8, 4) is 0 Å². The Balaban J connectivity index is 1.59. The van der Waals surface area contributed by atoms with Gasteiger partial charge in [-0.05, 0) is 6.42 Å². The van der Waals surface area contributed by atoms with Crippen molar-refractivity contribution >= 4 is 11.7 Å². The Morgan fingerprint density at radius 2 is 2.14 bits per heavy atom. The second-order valence-corrected chi connectivity index (χ2v) is 5.35. The highest BCUT2D eigenvalue weighted by atomic mass is 16.2. The lowest BCUT2D eigenvalue weighted by Crippen LogP contribution is -2.53. The molecular weight excluding hydrogens is 266 g/mol. The summed E-state index contributed by atoms with van der Waals surface area (Å²) < 4.78 is 0. The molecule has 3 heterocycles. The monoisotopic (exact) mass is 287 g/mol. The van der Waals surface area contributed by atoms with Gasteiger partial charge in [-0.15, -0.1) is 0 Å². The SMILES string of the molecule is CCc1cc(N2CCN(C(=O)[C@H]3C=CCN3)CC2)ncn1. The maximum absolute atomic E-state index is 12.3. The van der Waals surface area contributed by atoms with Crippen LogP contribution < -0.4 is 10.2 Å². The maximum Gasteiger partial charge on any atom is 0.243 e. The normalized spacial score (nSPS) is 21.9. The largest absolute Gasteiger partial charge is 0.353 e. The van der Waals surface area contributed by atoms with Gasteiger partial charge in [0.1, 0.15) is 18.2 Å². The smallest absolute Gasteiger partial charge is 0.243 e. The van der Waals surface area contributed by atoms with Gasteiger partial charge < -0.3 is 9.80 Å². The minimum atomic E-state index is -0.137. The van der Waals surface area contributed by atoms with Crippen LogP contribution >= 0.6 is 0 Å². The first-order valence-corrected chi connectivity index (χ1v) is 7.52. The van der Waals surface area contributed by atoms with Crippen LogP contribution in [-0.4, -0.2) is 59.5 Å². The number of nitrogens with one attached hydrogen (secondary N) is 1. The number of carbonyl (C=O) groups excluding carboxylic acids is 1. The van der Waals surface area contributed by atoms with Crippen LogP contribution in [-0.2, 0) is 11.2 Å². The van der Waals surface area contributed by atoms with Crippen LogP contribution in [0.1, 0.15) is 12.6 Å². The lowest BCUT2D eigenvalue weighted by molar-refractivity contribution is -0.132. The van der Waals surface area contributed by atoms with Gasteiger partial charge >= 0.3 is 0 Å². The Labute approximate surface area is 124 Å². The van der Waals surface area contributed by atoms with Crippen molar-refractivity contribution in [2.45, 2.75) is 19.4 Å². The van der Waals surface area contributed by atoms with Crippen molar-refractivity contribution in [2.24, 2.45) is 0 Å². The fourth-order valence-corrected chi connectivity index (χ4v) is 2.74. The summed E-state index contributed by atoms with van der Waals surface area (Å²) in [6.45, 7) is 6.01. The van der Waals surface area contributed by atoms with Gasteiger partial charge in [0.2, 0.25) is 5.91 Å². The molecule has 1 fully saturated rings. The lowest BCUT2D eigenvalue weighted by atomic mass is 10.2. The van der Waals surface area contributed by atoms with Gasteiger partial charge in [-0.2, -0.15) is 0 Å². The van der Waals surface area contributed by atoms with Crippen LogP contribution in [0.5, 0.6) is 0 Å². The van der Waals surface area contributed by atoms with Crippen molar-refractivity contribution < 1.29 is 4.79 Å². The molecule has 1 N–H and O–H groups in total. The quantitative estimate of drug-likeness (QED) is 0.806. The number of anilines is 1. The van der Waals surface area contributed by atoms with Crippen LogP contribution in [0, 0.1) is 0 Å². The average molecular weight is 287 g/mol. The first kappa shape index (κ1) is 14.0. The third kappa shape index (κ3) is 3.05. The molecule has 3 rings (SSSR count). The van der Waals surface area contributed by atoms with E-state index in [9.17, 15) is 4.79 Å². The molecule has 1 saturated heterocycles. The van der Waals surface area contributed by atoms with Gasteiger partial charge in [0.15, 0.2) is 0 Å². The van der Waals surface area contributed by atoms with Crippen molar-refractivity contribution in [2.75, 3.05) is 37.6 Å². The third-order valence-corrected chi connectivity index (χ3v) is 4.04. The summed E-state index contributed by atoms with van der Waals surface area (Å²) in [6.07, 6.45) is 6.49. The third-order valence-electron chi connectivity index (χ3n) is 4.04. The summed E-state index contributed by atoms with van der Waals surface area (Å²) in [7, 11) is 0. The van der Waals surface area contributed by atoms with E-state index in [0.29, 0.717) is 0 Å². The Morgan fingerprint density at radius 1 is 1.33 bits per heavy atom. The van der Waals surface area contributed by atoms with Crippen LogP contribution in [0.25, 0.3) is 0 Å². The zero-order chi connectivity index (χ0) is 14.7. The van der Waals surface area contributed by atoms with Crippen LogP contribution in [0.2, 0.25) is 0 Å². The van der Waals surface area contributed by atoms with Gasteiger partial charge in [0, 0.05) is 44.5 Å². The number of piperazine rings is 1. The second-order valence-electron chi connectivity index (χ2n) is 5.35. The van der Waals surface area contributed by atoms with Gasteiger partial charge in [-0.1, -0.05) is 19.1 Å². The molecule has 0 bridgehead atoms. The van der Waals surface area contributed by atoms with E-state index in [1.807, 2.05) is 23.1 Å². The van der Waals surface area contributed by atoms with Gasteiger partial charge in [0.05, 0.1) is 0 Å². The lowest BCUT2D eigenvalue weighted by Gasteiger charge is -2.36. The van der Waals surface area contributed by atoms with E-state index in [1.165, 1.54) is 0 Å². The zero-order valence-corrected chi connectivity index (χ0v) is 12.3. The van der Waals surface area contributed by atoms with Gasteiger partial charge in [0.25, 0.3) is 0 Å². The molecular formula is C15H21N5O. The molecule has 112 valence electrons. The van der Waals surface area contributed by atoms with Gasteiger partial charge in [-0.25, -0.2) is 9.97 Å². The number of nitrogens with zero attached hydrogens (tertiary/aromatic N) is 4. The molecule has 0 saturated carbocycles. The molecule has 0 unspecified atom stereocenters. The van der Waals surface area contributed by atoms with Crippen molar-refractivity contribution in [1.29, 1.82) is 0 Å². The minimum Gasteiger partial charge on any atom is -0.353 e. The maximum atomic E-state index is 12.3. The minimum absolute atomic E-state index is 0.137. The number of aromatic nitrogens is 2. The first-order chi connectivity index (χ1) is 10.3. The van der Waals surface area contributed by atoms with E-state index in [4.69, 9.17) is 0 Å². The van der Waals surface area contributed by atoms with Gasteiger partial charge in [-0.3, -0.25) is 10.1 Å². The zero-order valence-electron chi connectivity index (χ0n) is 12.3. The molecule has 6 heteroatoms. The summed E-state index contributed by atoms with van der Waals surface area (Å²) in [4.78, 5) is 25.0. The molecule has 0 radical (unpaired) electrons. The highest BCUT2D eigenvalue weighted by Crippen LogP contribution is 2.15. The molecule has 1 aromatic rings. The molecule has 0 aromatic carbocycles. The molecule has 0 aliphatic carbocycles. The number of carbonyl (C=O) groups is 1. The fraction of sp³-hybridized carbons (Fsp3) is 0.533. The fourth-order valence-electron chi connectivity index (χ4n) is 2.74. The predicted octanol–water partition coefficient (Wildman–Crippen LogP) is 0.216. The first-order valence-electron chi connectivity index (χ1n) is 7.52. The van der Waals surface area contributed by atoms with E-state index in [0.717, 1.165) is 50.7 Å². The molecule has 1 aromatic heterocycles. The Hall–Kier alpha value is -1.95. The molecule has 0 spiro atoms. The van der Waals surface area contributed by atoms with E-state index in [2.05, 4.69) is 27.1 Å². The standard InChI is InChI=1S/C15H21N5O/c1-2-12-10-14(18-11-17-12)19-6-8-20(9-7-19)15(21)13-4-3-5-16-13/h3-4,10-11,13,16H,2,5-9H2,1H3/t13-/m1/s1. The molecule has 21 heavy (non-hydrogen) atoms. The van der Waals surface area contributed by atoms with Crippen LogP contribution in [0.3, 0.4) is 0 Å². The topological polar surface area (TPSA) is 61.4 Å². The average Bonchev–Trinajstić information content (AvgIpc) is 3.09. The summed E-state index contributed by atoms with van der Waals surface area (Å²) in [6, 6.07) is 1.90. The Bertz CT molecular complexity index is 537. The van der Waals surface area contributed by atoms with Crippen LogP contribution in [0.4, 0.5) is 5.82 Å². The van der Waals surface area contributed by atoms with E-state index < -0.39 is 0 Å². The summed E-state index contributed by atoms with van der Waals surface area (Å²) in [5, 5.41) is 3.18. The van der Waals surface area contributed by atoms with E-state index in [-0.39, 0.29) is 11.9 Å². The molecule has 1 atom stereocenters. The highest BCUT2D eigenvalue weighted by Gasteiger charge is 2.27. The molecule has 2 aliphatic rings. The molecule has 2 aliphatic heterocycles. The number of rotatable bonds is 3. The Morgan fingerprint density at radius 3 is 2.81 bits per heavy atom. The highest BCUT2D eigenvalue weighted by molar-refractivity contribution is 5.84. The second kappa shape index (κ2) is 6.22. The predicted molar refractivity (Wildman–Crippen MR) is 81.1 cm³/mol. The van der Waals surface area contributed by atoms with Crippen molar-refractivity contribution in [3.63, 3.8) is 0 Å². The summed E-state index contributed by atoms with van der Waals surface area (Å²) in [5.41, 5.74) is 1.05. The van der Waals surface area contributed by atoms with Crippen LogP contribution in [0.15, 0.2) is 24.5 Å². The van der Waals surface area contributed by atoms with E-state index >= 15 is 0 Å². The number of amides is 1. The van der Waals surface area contributed by atoms with E-state index in [1.54, 1.807) is 6.33 Å². The number of hydrogen-bond acceptors (Lipinski definition) is 5. The number of hydrogen-bond donors (Lipinski definition) is 1. The van der Waals surface area contributed by atoms with Crippen molar-refractivity contribution in [1.82, 2.24) is 20.2 Å². The molecule has 1 amide bonds. The molecule has 6 nitrogen and oxygen atoms in total. The Kier molecular flexibility index (Phi) is 4.15. The summed E-state index contributed by atoms with van der Waals surface area (Å²) >= 11 is 0. The number of aryl methyl sites for hydroxylation is 1.